The van der Waals surface area contributed by atoms with Crippen molar-refractivity contribution in [2.75, 3.05) is 37.4 Å². The number of halogens is 3. The van der Waals surface area contributed by atoms with E-state index < -0.39 is 29.7 Å². The van der Waals surface area contributed by atoms with Crippen molar-refractivity contribution in [2.24, 2.45) is 5.92 Å². The number of carboxylic acids is 1. The number of hydrogen-bond donors (Lipinski definition) is 2. The van der Waals surface area contributed by atoms with Gasteiger partial charge in [0.2, 0.25) is 0 Å². The number of nitrogens with zero attached hydrogens (tertiary/aromatic N) is 2. The predicted octanol–water partition coefficient (Wildman–Crippen LogP) is 2.71. The molecule has 1 unspecified atom stereocenters. The maximum atomic E-state index is 12.9. The van der Waals surface area contributed by atoms with E-state index in [1.54, 1.807) is 19.0 Å². The van der Waals surface area contributed by atoms with Crippen LogP contribution in [0.4, 0.5) is 29.3 Å². The number of carboxylic acid groups (broad SMARTS) is 1. The Labute approximate surface area is 136 Å². The second-order valence-electron chi connectivity index (χ2n) is 5.82. The molecule has 2 rings (SSSR count). The zero-order valence-electron chi connectivity index (χ0n) is 13.2. The van der Waals surface area contributed by atoms with E-state index in [1.807, 2.05) is 0 Å². The van der Waals surface area contributed by atoms with Crippen molar-refractivity contribution < 1.29 is 27.9 Å². The summed E-state index contributed by atoms with van der Waals surface area (Å²) >= 11 is 0. The van der Waals surface area contributed by atoms with E-state index in [-0.39, 0.29) is 18.8 Å². The fourth-order valence-electron chi connectivity index (χ4n) is 2.54. The molecule has 1 saturated heterocycles. The second-order valence-corrected chi connectivity index (χ2v) is 5.82. The highest BCUT2D eigenvalue weighted by Gasteiger charge is 2.33. The van der Waals surface area contributed by atoms with Gasteiger partial charge < -0.3 is 20.2 Å². The third kappa shape index (κ3) is 3.90. The van der Waals surface area contributed by atoms with E-state index in [4.69, 9.17) is 5.11 Å². The van der Waals surface area contributed by atoms with Crippen LogP contribution in [0.1, 0.15) is 12.0 Å². The molecule has 6 nitrogen and oxygen atoms in total. The topological polar surface area (TPSA) is 72.9 Å². The summed E-state index contributed by atoms with van der Waals surface area (Å²) < 4.78 is 38.6. The number of aliphatic carboxylic acids is 1. The Morgan fingerprint density at radius 1 is 1.33 bits per heavy atom. The van der Waals surface area contributed by atoms with Crippen molar-refractivity contribution in [3.05, 3.63) is 23.8 Å². The highest BCUT2D eigenvalue weighted by molar-refractivity contribution is 5.94. The molecule has 0 saturated carbocycles. The minimum Gasteiger partial charge on any atom is -0.481 e. The number of amides is 2. The highest BCUT2D eigenvalue weighted by atomic mass is 19.4. The van der Waals surface area contributed by atoms with Crippen molar-refractivity contribution in [1.82, 2.24) is 4.90 Å². The quantitative estimate of drug-likeness (QED) is 0.883. The van der Waals surface area contributed by atoms with Gasteiger partial charge in [-0.15, -0.1) is 0 Å². The molecule has 2 amide bonds. The lowest BCUT2D eigenvalue weighted by Crippen LogP contribution is -2.34. The van der Waals surface area contributed by atoms with Crippen molar-refractivity contribution in [3.63, 3.8) is 0 Å². The van der Waals surface area contributed by atoms with Crippen LogP contribution >= 0.6 is 0 Å². The summed E-state index contributed by atoms with van der Waals surface area (Å²) in [7, 11) is 3.29. The largest absolute Gasteiger partial charge is 0.481 e. The Bertz CT molecular complexity index is 647. The van der Waals surface area contributed by atoms with Crippen LogP contribution in [0, 0.1) is 5.92 Å². The summed E-state index contributed by atoms with van der Waals surface area (Å²) in [6.45, 7) is 0.288. The van der Waals surface area contributed by atoms with Gasteiger partial charge in [0.05, 0.1) is 22.9 Å². The van der Waals surface area contributed by atoms with Gasteiger partial charge in [0.1, 0.15) is 0 Å². The smallest absolute Gasteiger partial charge is 0.416 e. The van der Waals surface area contributed by atoms with Crippen LogP contribution in [0.5, 0.6) is 0 Å². The molecule has 2 N–H and O–H groups in total. The van der Waals surface area contributed by atoms with Gasteiger partial charge in [0.15, 0.2) is 0 Å². The molecule has 1 aromatic carbocycles. The lowest BCUT2D eigenvalue weighted by molar-refractivity contribution is -0.141. The second kappa shape index (κ2) is 6.58. The van der Waals surface area contributed by atoms with Gasteiger partial charge in [0.25, 0.3) is 0 Å². The summed E-state index contributed by atoms with van der Waals surface area (Å²) in [5, 5.41) is 11.4. The lowest BCUT2D eigenvalue weighted by atomic mass is 10.1. The Hall–Kier alpha value is -2.45. The highest BCUT2D eigenvalue weighted by Crippen LogP contribution is 2.35. The molecule has 1 heterocycles. The minimum absolute atomic E-state index is 0.0265. The Morgan fingerprint density at radius 2 is 2.00 bits per heavy atom. The maximum Gasteiger partial charge on any atom is 0.416 e. The number of carbonyl (C=O) groups excluding carboxylic acids is 1. The van der Waals surface area contributed by atoms with E-state index >= 15 is 0 Å². The number of alkyl halides is 3. The molecule has 0 aliphatic carbocycles. The normalized spacial score (nSPS) is 17.7. The zero-order chi connectivity index (χ0) is 18.1. The third-order valence-corrected chi connectivity index (χ3v) is 3.87. The van der Waals surface area contributed by atoms with Crippen molar-refractivity contribution >= 4 is 23.4 Å². The fourth-order valence-corrected chi connectivity index (χ4v) is 2.54. The van der Waals surface area contributed by atoms with E-state index in [1.165, 1.54) is 11.0 Å². The first-order valence-corrected chi connectivity index (χ1v) is 7.27. The van der Waals surface area contributed by atoms with Gasteiger partial charge in [0, 0.05) is 27.2 Å². The molecule has 1 fully saturated rings. The summed E-state index contributed by atoms with van der Waals surface area (Å²) in [6.07, 6.45) is -4.20. The van der Waals surface area contributed by atoms with E-state index in [2.05, 4.69) is 5.32 Å². The first-order valence-electron chi connectivity index (χ1n) is 7.27. The standard InChI is InChI=1S/C15H18F3N3O3/c1-20(2)12-4-3-10(15(16,17)18)7-11(12)19-14(24)21-6-5-9(8-21)13(22)23/h3-4,7,9H,5-6,8H2,1-2H3,(H,19,24)(H,22,23). The molecule has 132 valence electrons. The molecule has 9 heteroatoms. The molecule has 1 aliphatic heterocycles. The number of anilines is 2. The Balaban J connectivity index is 2.21. The van der Waals surface area contributed by atoms with Crippen molar-refractivity contribution in [1.29, 1.82) is 0 Å². The summed E-state index contributed by atoms with van der Waals surface area (Å²) in [5.74, 6) is -1.64. The molecular weight excluding hydrogens is 327 g/mol. The number of carbonyl (C=O) groups is 2. The SMILES string of the molecule is CN(C)c1ccc(C(F)(F)F)cc1NC(=O)N1CCC(C(=O)O)C1. The molecule has 0 aromatic heterocycles. The van der Waals surface area contributed by atoms with Crippen LogP contribution in [-0.2, 0) is 11.0 Å². The van der Waals surface area contributed by atoms with Gasteiger partial charge in [-0.05, 0) is 24.6 Å². The molecule has 24 heavy (non-hydrogen) atoms. The number of benzene rings is 1. The fraction of sp³-hybridized carbons (Fsp3) is 0.467. The van der Waals surface area contributed by atoms with Crippen LogP contribution in [-0.4, -0.2) is 49.2 Å². The van der Waals surface area contributed by atoms with Crippen molar-refractivity contribution in [2.45, 2.75) is 12.6 Å². The van der Waals surface area contributed by atoms with Crippen LogP contribution < -0.4 is 10.2 Å². The predicted molar refractivity (Wildman–Crippen MR) is 82.1 cm³/mol. The minimum atomic E-state index is -4.52. The van der Waals surface area contributed by atoms with Gasteiger partial charge in [-0.2, -0.15) is 13.2 Å². The summed E-state index contributed by atoms with van der Waals surface area (Å²) in [4.78, 5) is 26.1. The molecule has 1 aliphatic rings. The van der Waals surface area contributed by atoms with Gasteiger partial charge in [-0.25, -0.2) is 4.79 Å². The van der Waals surface area contributed by atoms with Gasteiger partial charge in [-0.1, -0.05) is 0 Å². The molecule has 0 radical (unpaired) electrons. The number of rotatable bonds is 3. The lowest BCUT2D eigenvalue weighted by Gasteiger charge is -2.22. The number of hydrogen-bond acceptors (Lipinski definition) is 3. The average molecular weight is 345 g/mol. The number of nitrogens with one attached hydrogen (secondary N) is 1. The average Bonchev–Trinajstić information content (AvgIpc) is 2.96. The van der Waals surface area contributed by atoms with Crippen LogP contribution in [0.15, 0.2) is 18.2 Å². The molecule has 0 spiro atoms. The van der Waals surface area contributed by atoms with Crippen LogP contribution in [0.3, 0.4) is 0 Å². The van der Waals surface area contributed by atoms with Crippen LogP contribution in [0.2, 0.25) is 0 Å². The Kier molecular flexibility index (Phi) is 4.91. The maximum absolute atomic E-state index is 12.9. The van der Waals surface area contributed by atoms with E-state index in [0.717, 1.165) is 12.1 Å². The van der Waals surface area contributed by atoms with Gasteiger partial charge >= 0.3 is 18.2 Å². The molecule has 1 atom stereocenters. The van der Waals surface area contributed by atoms with E-state index in [9.17, 15) is 22.8 Å². The first kappa shape index (κ1) is 17.9. The van der Waals surface area contributed by atoms with E-state index in [0.29, 0.717) is 12.1 Å². The molecule has 1 aromatic rings. The number of urea groups is 1. The van der Waals surface area contributed by atoms with Gasteiger partial charge in [-0.3, -0.25) is 4.79 Å². The number of likely N-dealkylation sites (tertiary alicyclic amines) is 1. The molecular formula is C15H18F3N3O3. The third-order valence-electron chi connectivity index (χ3n) is 3.87. The molecule has 0 bridgehead atoms. The Morgan fingerprint density at radius 3 is 2.50 bits per heavy atom. The van der Waals surface area contributed by atoms with Crippen LogP contribution in [0.25, 0.3) is 0 Å². The monoisotopic (exact) mass is 345 g/mol. The summed E-state index contributed by atoms with van der Waals surface area (Å²) in [6, 6.07) is 2.49. The zero-order valence-corrected chi connectivity index (χ0v) is 13.2. The van der Waals surface area contributed by atoms with Crippen molar-refractivity contribution in [3.8, 4) is 0 Å². The summed E-state index contributed by atoms with van der Waals surface area (Å²) in [5.41, 5.74) is -0.419. The first-order chi connectivity index (χ1) is 11.1.